The lowest BCUT2D eigenvalue weighted by atomic mass is 10.2. The van der Waals surface area contributed by atoms with Crippen molar-refractivity contribution in [1.29, 1.82) is 0 Å². The lowest BCUT2D eigenvalue weighted by Gasteiger charge is -2.16. The fourth-order valence-electron chi connectivity index (χ4n) is 1.40. The van der Waals surface area contributed by atoms with Gasteiger partial charge in [-0.15, -0.1) is 11.8 Å². The molecule has 0 aliphatic heterocycles. The summed E-state index contributed by atoms with van der Waals surface area (Å²) in [4.78, 5) is 1.05. The SMILES string of the molecule is CNC(CCC(F)(F)F)CSc1cccc(Br)c1. The van der Waals surface area contributed by atoms with Crippen LogP contribution >= 0.6 is 27.7 Å². The average Bonchev–Trinajstić information content (AvgIpc) is 2.28. The Hall–Kier alpha value is -0.200. The Balaban J connectivity index is 2.40. The molecule has 0 heterocycles. The number of nitrogens with one attached hydrogen (secondary N) is 1. The summed E-state index contributed by atoms with van der Waals surface area (Å²) in [5.74, 6) is 0.628. The lowest BCUT2D eigenvalue weighted by Crippen LogP contribution is -2.29. The first-order chi connectivity index (χ1) is 8.40. The van der Waals surface area contributed by atoms with Crippen LogP contribution in [0.2, 0.25) is 0 Å². The first-order valence-electron chi connectivity index (χ1n) is 5.53. The van der Waals surface area contributed by atoms with E-state index in [-0.39, 0.29) is 12.5 Å². The molecule has 0 radical (unpaired) electrons. The summed E-state index contributed by atoms with van der Waals surface area (Å²) in [5, 5.41) is 2.93. The van der Waals surface area contributed by atoms with Gasteiger partial charge in [-0.25, -0.2) is 0 Å². The Morgan fingerprint density at radius 3 is 2.67 bits per heavy atom. The molecule has 1 nitrogen and oxygen atoms in total. The van der Waals surface area contributed by atoms with Crippen molar-refractivity contribution >= 4 is 27.7 Å². The Morgan fingerprint density at radius 2 is 2.11 bits per heavy atom. The maximum absolute atomic E-state index is 12.1. The minimum atomic E-state index is -4.07. The first kappa shape index (κ1) is 15.9. The zero-order valence-corrected chi connectivity index (χ0v) is 12.3. The summed E-state index contributed by atoms with van der Waals surface area (Å²) in [5.41, 5.74) is 0. The maximum atomic E-state index is 12.1. The highest BCUT2D eigenvalue weighted by Gasteiger charge is 2.27. The number of hydrogen-bond donors (Lipinski definition) is 1. The number of thioether (sulfide) groups is 1. The van der Waals surface area contributed by atoms with Gasteiger partial charge in [0.1, 0.15) is 0 Å². The minimum absolute atomic E-state index is 0.112. The zero-order valence-electron chi connectivity index (χ0n) is 9.93. The number of alkyl halides is 3. The largest absolute Gasteiger partial charge is 0.389 e. The van der Waals surface area contributed by atoms with Crippen molar-refractivity contribution in [2.75, 3.05) is 12.8 Å². The predicted molar refractivity (Wildman–Crippen MR) is 73.0 cm³/mol. The summed E-state index contributed by atoms with van der Waals surface area (Å²) in [6.07, 6.45) is -4.70. The van der Waals surface area contributed by atoms with E-state index < -0.39 is 12.6 Å². The van der Waals surface area contributed by atoms with E-state index in [2.05, 4.69) is 21.2 Å². The minimum Gasteiger partial charge on any atom is -0.316 e. The van der Waals surface area contributed by atoms with Gasteiger partial charge in [0.25, 0.3) is 0 Å². The van der Waals surface area contributed by atoms with Gasteiger partial charge in [-0.2, -0.15) is 13.2 Å². The molecule has 0 bridgehead atoms. The quantitative estimate of drug-likeness (QED) is 0.766. The normalized spacial score (nSPS) is 13.6. The van der Waals surface area contributed by atoms with Gasteiger partial charge in [-0.1, -0.05) is 22.0 Å². The van der Waals surface area contributed by atoms with Crippen molar-refractivity contribution in [2.24, 2.45) is 0 Å². The van der Waals surface area contributed by atoms with Crippen LogP contribution in [0.25, 0.3) is 0 Å². The molecule has 1 aromatic rings. The summed E-state index contributed by atoms with van der Waals surface area (Å²) >= 11 is 4.92. The molecule has 0 fully saturated rings. The molecule has 1 rings (SSSR count). The summed E-state index contributed by atoms with van der Waals surface area (Å²) < 4.78 is 37.4. The van der Waals surface area contributed by atoms with E-state index in [1.807, 2.05) is 24.3 Å². The summed E-state index contributed by atoms with van der Waals surface area (Å²) in [6, 6.07) is 7.61. The Labute approximate surface area is 118 Å². The second-order valence-electron chi connectivity index (χ2n) is 3.91. The van der Waals surface area contributed by atoms with Crippen LogP contribution in [0, 0.1) is 0 Å². The van der Waals surface area contributed by atoms with Gasteiger partial charge in [-0.05, 0) is 31.7 Å². The number of halogens is 4. The van der Waals surface area contributed by atoms with E-state index in [0.29, 0.717) is 5.75 Å². The Bertz CT molecular complexity index is 371. The van der Waals surface area contributed by atoms with Gasteiger partial charge in [0.15, 0.2) is 0 Å². The number of rotatable bonds is 6. The highest BCUT2D eigenvalue weighted by atomic mass is 79.9. The molecule has 0 spiro atoms. The molecule has 1 N–H and O–H groups in total. The topological polar surface area (TPSA) is 12.0 Å². The lowest BCUT2D eigenvalue weighted by molar-refractivity contribution is -0.136. The molecule has 6 heteroatoms. The highest BCUT2D eigenvalue weighted by molar-refractivity contribution is 9.10. The second kappa shape index (κ2) is 7.40. The Kier molecular flexibility index (Phi) is 6.52. The van der Waals surface area contributed by atoms with Crippen LogP contribution in [0.5, 0.6) is 0 Å². The van der Waals surface area contributed by atoms with E-state index in [9.17, 15) is 13.2 Å². The Morgan fingerprint density at radius 1 is 1.39 bits per heavy atom. The van der Waals surface area contributed by atoms with Crippen molar-refractivity contribution in [3.8, 4) is 0 Å². The summed E-state index contributed by atoms with van der Waals surface area (Å²) in [7, 11) is 1.70. The standard InChI is InChI=1S/C12H15BrF3NS/c1-17-10(5-6-12(14,15)16)8-18-11-4-2-3-9(13)7-11/h2-4,7,10,17H,5-6,8H2,1H3. The van der Waals surface area contributed by atoms with Crippen molar-refractivity contribution in [1.82, 2.24) is 5.32 Å². The third-order valence-corrected chi connectivity index (χ3v) is 4.08. The van der Waals surface area contributed by atoms with Crippen LogP contribution in [0.3, 0.4) is 0 Å². The van der Waals surface area contributed by atoms with E-state index in [4.69, 9.17) is 0 Å². The molecule has 0 amide bonds. The highest BCUT2D eigenvalue weighted by Crippen LogP contribution is 2.26. The molecule has 1 aromatic carbocycles. The van der Waals surface area contributed by atoms with E-state index in [0.717, 1.165) is 9.37 Å². The molecule has 0 aliphatic rings. The zero-order chi connectivity index (χ0) is 13.6. The molecule has 0 saturated heterocycles. The third-order valence-electron chi connectivity index (χ3n) is 2.43. The third kappa shape index (κ3) is 6.66. The van der Waals surface area contributed by atoms with Gasteiger partial charge in [0.05, 0.1) is 0 Å². The first-order valence-corrected chi connectivity index (χ1v) is 7.31. The predicted octanol–water partition coefficient (Wildman–Crippen LogP) is 4.47. The second-order valence-corrected chi connectivity index (χ2v) is 5.92. The fraction of sp³-hybridized carbons (Fsp3) is 0.500. The average molecular weight is 342 g/mol. The number of hydrogen-bond acceptors (Lipinski definition) is 2. The van der Waals surface area contributed by atoms with Crippen molar-refractivity contribution in [2.45, 2.75) is 30.0 Å². The van der Waals surface area contributed by atoms with Gasteiger partial charge in [-0.3, -0.25) is 0 Å². The summed E-state index contributed by atoms with van der Waals surface area (Å²) in [6.45, 7) is 0. The van der Waals surface area contributed by atoms with E-state index >= 15 is 0 Å². The molecular formula is C12H15BrF3NS. The molecule has 1 atom stereocenters. The van der Waals surface area contributed by atoms with Crippen LogP contribution in [0.1, 0.15) is 12.8 Å². The van der Waals surface area contributed by atoms with Crippen LogP contribution in [0.4, 0.5) is 13.2 Å². The van der Waals surface area contributed by atoms with Gasteiger partial charge >= 0.3 is 6.18 Å². The van der Waals surface area contributed by atoms with Crippen LogP contribution in [0.15, 0.2) is 33.6 Å². The van der Waals surface area contributed by atoms with Crippen molar-refractivity contribution < 1.29 is 13.2 Å². The van der Waals surface area contributed by atoms with Crippen LogP contribution < -0.4 is 5.32 Å². The molecule has 1 unspecified atom stereocenters. The monoisotopic (exact) mass is 341 g/mol. The number of benzene rings is 1. The maximum Gasteiger partial charge on any atom is 0.389 e. The smallest absolute Gasteiger partial charge is 0.316 e. The molecule has 0 aliphatic carbocycles. The molecule has 0 aromatic heterocycles. The molecular weight excluding hydrogens is 327 g/mol. The van der Waals surface area contributed by atoms with Gasteiger partial charge in [0.2, 0.25) is 0 Å². The fourth-order valence-corrected chi connectivity index (χ4v) is 3.07. The van der Waals surface area contributed by atoms with Gasteiger partial charge in [0, 0.05) is 27.6 Å². The van der Waals surface area contributed by atoms with Crippen LogP contribution in [-0.2, 0) is 0 Å². The van der Waals surface area contributed by atoms with Crippen molar-refractivity contribution in [3.63, 3.8) is 0 Å². The van der Waals surface area contributed by atoms with E-state index in [1.165, 1.54) is 0 Å². The molecule has 18 heavy (non-hydrogen) atoms. The molecule has 102 valence electrons. The van der Waals surface area contributed by atoms with Crippen molar-refractivity contribution in [3.05, 3.63) is 28.7 Å². The molecule has 0 saturated carbocycles. The van der Waals surface area contributed by atoms with Crippen LogP contribution in [-0.4, -0.2) is 25.0 Å². The van der Waals surface area contributed by atoms with Gasteiger partial charge < -0.3 is 5.32 Å². The van der Waals surface area contributed by atoms with E-state index in [1.54, 1.807) is 18.8 Å².